The molecule has 0 unspecified atom stereocenters. The number of ether oxygens (including phenoxy) is 1. The smallest absolute Gasteiger partial charge is 0.319 e. The van der Waals surface area contributed by atoms with Crippen LogP contribution in [0.2, 0.25) is 10.2 Å². The predicted octanol–water partition coefficient (Wildman–Crippen LogP) is 4.03. The molecule has 2 aromatic heterocycles. The number of aromatic nitrogens is 5. The normalized spacial score (nSPS) is 24.9. The van der Waals surface area contributed by atoms with Crippen molar-refractivity contribution in [1.82, 2.24) is 29.9 Å². The second-order valence-electron chi connectivity index (χ2n) is 9.30. The minimum absolute atomic E-state index is 0.0641. The van der Waals surface area contributed by atoms with Crippen LogP contribution in [0.1, 0.15) is 31.4 Å². The number of anilines is 1. The van der Waals surface area contributed by atoms with Crippen LogP contribution in [-0.2, 0) is 13.1 Å². The lowest BCUT2D eigenvalue weighted by Gasteiger charge is -2.31. The highest BCUT2D eigenvalue weighted by atomic mass is 35.5. The molecule has 34 heavy (non-hydrogen) atoms. The fourth-order valence-corrected chi connectivity index (χ4v) is 5.96. The Kier molecular flexibility index (Phi) is 5.50. The molecule has 0 radical (unpaired) electrons. The molecular weight excluding hydrogens is 487 g/mol. The number of halogens is 4. The third kappa shape index (κ3) is 3.76. The van der Waals surface area contributed by atoms with Gasteiger partial charge in [0.15, 0.2) is 11.0 Å². The van der Waals surface area contributed by atoms with E-state index in [1.807, 2.05) is 4.90 Å². The van der Waals surface area contributed by atoms with Crippen LogP contribution in [0.3, 0.4) is 0 Å². The molecule has 1 aromatic carbocycles. The van der Waals surface area contributed by atoms with Crippen LogP contribution in [0.25, 0.3) is 10.9 Å². The summed E-state index contributed by atoms with van der Waals surface area (Å²) < 4.78 is 37.0. The van der Waals surface area contributed by atoms with Gasteiger partial charge < -0.3 is 9.64 Å². The van der Waals surface area contributed by atoms with E-state index in [-0.39, 0.29) is 28.7 Å². The van der Waals surface area contributed by atoms with Crippen LogP contribution in [0.15, 0.2) is 12.1 Å². The summed E-state index contributed by atoms with van der Waals surface area (Å²) in [5.74, 6) is -0.0522. The van der Waals surface area contributed by atoms with Gasteiger partial charge in [-0.25, -0.2) is 13.5 Å². The monoisotopic (exact) mass is 509 g/mol. The summed E-state index contributed by atoms with van der Waals surface area (Å²) in [6, 6.07) is 2.95. The van der Waals surface area contributed by atoms with Crippen LogP contribution in [0.4, 0.5) is 14.6 Å². The van der Waals surface area contributed by atoms with E-state index in [1.165, 1.54) is 6.07 Å². The topological polar surface area (TPSA) is 72.2 Å². The first-order valence-electron chi connectivity index (χ1n) is 11.4. The van der Waals surface area contributed by atoms with Crippen LogP contribution in [0.5, 0.6) is 6.01 Å². The van der Waals surface area contributed by atoms with Gasteiger partial charge in [0.25, 0.3) is 0 Å². The van der Waals surface area contributed by atoms with E-state index < -0.39 is 12.0 Å². The SMILES string of the molecule is Fc1cc(Cl)cc2c(N3CCCn4nnc(Cl)c4C3)nc(OC[C@@]34CCCN3C[C@H](F)C4)nc12. The molecule has 0 spiro atoms. The summed E-state index contributed by atoms with van der Waals surface area (Å²) in [5.41, 5.74) is 0.531. The molecular formula is C22H23Cl2F2N7O. The van der Waals surface area contributed by atoms with E-state index in [2.05, 4.69) is 25.2 Å². The average molecular weight is 510 g/mol. The second kappa shape index (κ2) is 8.42. The van der Waals surface area contributed by atoms with Crippen molar-refractivity contribution in [2.75, 3.05) is 31.1 Å². The summed E-state index contributed by atoms with van der Waals surface area (Å²) in [6.45, 7) is 3.24. The number of benzene rings is 1. The molecule has 0 N–H and O–H groups in total. The fourth-order valence-electron chi connectivity index (χ4n) is 5.56. The lowest BCUT2D eigenvalue weighted by atomic mass is 9.95. The molecule has 2 fully saturated rings. The van der Waals surface area contributed by atoms with Gasteiger partial charge in [-0.2, -0.15) is 9.97 Å². The van der Waals surface area contributed by atoms with Gasteiger partial charge in [-0.15, -0.1) is 5.10 Å². The van der Waals surface area contributed by atoms with Crippen LogP contribution >= 0.6 is 23.2 Å². The van der Waals surface area contributed by atoms with Gasteiger partial charge in [-0.1, -0.05) is 28.4 Å². The standard InChI is InChI=1S/C22H23Cl2F2N7O/c23-13-7-15-18(16(26)8-13)27-21(34-12-22-3-1-5-32(22)10-14(25)9-22)28-20(15)31-4-2-6-33-17(11-31)19(24)29-30-33/h7-8,14H,1-6,9-12H2/t14-,22+/m1/s1. The summed E-state index contributed by atoms with van der Waals surface area (Å²) in [6.07, 6.45) is 2.20. The number of rotatable bonds is 4. The van der Waals surface area contributed by atoms with Crippen molar-refractivity contribution in [3.05, 3.63) is 33.8 Å². The minimum Gasteiger partial charge on any atom is -0.461 e. The van der Waals surface area contributed by atoms with Crippen molar-refractivity contribution >= 4 is 39.9 Å². The molecule has 2 atom stereocenters. The number of hydrogen-bond donors (Lipinski definition) is 0. The quantitative estimate of drug-likeness (QED) is 0.525. The van der Waals surface area contributed by atoms with E-state index in [0.29, 0.717) is 49.0 Å². The summed E-state index contributed by atoms with van der Waals surface area (Å²) in [7, 11) is 0. The largest absolute Gasteiger partial charge is 0.461 e. The molecule has 2 saturated heterocycles. The Morgan fingerprint density at radius 3 is 2.91 bits per heavy atom. The van der Waals surface area contributed by atoms with Crippen LogP contribution < -0.4 is 9.64 Å². The zero-order chi connectivity index (χ0) is 23.4. The zero-order valence-corrected chi connectivity index (χ0v) is 19.9. The summed E-state index contributed by atoms with van der Waals surface area (Å²) in [4.78, 5) is 13.2. The number of nitrogens with zero attached hydrogens (tertiary/aromatic N) is 7. The maximum absolute atomic E-state index is 15.0. The number of fused-ring (bicyclic) bond motifs is 3. The highest BCUT2D eigenvalue weighted by Gasteiger charge is 2.49. The van der Waals surface area contributed by atoms with Gasteiger partial charge in [0, 0.05) is 36.5 Å². The molecule has 0 bridgehead atoms. The Labute approximate surface area is 204 Å². The minimum atomic E-state index is -0.864. The van der Waals surface area contributed by atoms with Crippen molar-refractivity contribution in [2.45, 2.75) is 50.5 Å². The molecule has 6 rings (SSSR count). The van der Waals surface area contributed by atoms with E-state index in [9.17, 15) is 8.78 Å². The van der Waals surface area contributed by atoms with Gasteiger partial charge in [-0.3, -0.25) is 4.90 Å². The Bertz CT molecular complexity index is 1260. The molecule has 0 saturated carbocycles. The molecule has 0 aliphatic carbocycles. The molecule has 0 amide bonds. The molecule has 3 aromatic rings. The number of aryl methyl sites for hydroxylation is 1. The molecule has 5 heterocycles. The summed E-state index contributed by atoms with van der Waals surface area (Å²) >= 11 is 12.5. The average Bonchev–Trinajstić information content (AvgIpc) is 3.37. The Morgan fingerprint density at radius 2 is 2.03 bits per heavy atom. The van der Waals surface area contributed by atoms with Gasteiger partial charge in [0.2, 0.25) is 0 Å². The van der Waals surface area contributed by atoms with Crippen molar-refractivity contribution in [3.8, 4) is 6.01 Å². The zero-order valence-electron chi connectivity index (χ0n) is 18.4. The van der Waals surface area contributed by atoms with E-state index in [1.54, 1.807) is 10.7 Å². The predicted molar refractivity (Wildman–Crippen MR) is 124 cm³/mol. The van der Waals surface area contributed by atoms with Gasteiger partial charge >= 0.3 is 6.01 Å². The van der Waals surface area contributed by atoms with Crippen LogP contribution in [0, 0.1) is 5.82 Å². The van der Waals surface area contributed by atoms with Gasteiger partial charge in [-0.05, 0) is 37.9 Å². The molecule has 8 nitrogen and oxygen atoms in total. The van der Waals surface area contributed by atoms with Crippen molar-refractivity contribution in [1.29, 1.82) is 0 Å². The Balaban J connectivity index is 1.38. The van der Waals surface area contributed by atoms with Gasteiger partial charge in [0.1, 0.15) is 24.1 Å². The van der Waals surface area contributed by atoms with Crippen LogP contribution in [-0.4, -0.2) is 67.8 Å². The van der Waals surface area contributed by atoms with Crippen molar-refractivity contribution in [3.63, 3.8) is 0 Å². The first-order valence-corrected chi connectivity index (χ1v) is 12.2. The van der Waals surface area contributed by atoms with E-state index in [0.717, 1.165) is 31.5 Å². The van der Waals surface area contributed by atoms with Crippen molar-refractivity contribution in [2.24, 2.45) is 0 Å². The third-order valence-corrected chi connectivity index (χ3v) is 7.65. The Morgan fingerprint density at radius 1 is 1.15 bits per heavy atom. The highest BCUT2D eigenvalue weighted by molar-refractivity contribution is 6.31. The van der Waals surface area contributed by atoms with E-state index >= 15 is 0 Å². The second-order valence-corrected chi connectivity index (χ2v) is 10.1. The molecule has 3 aliphatic heterocycles. The summed E-state index contributed by atoms with van der Waals surface area (Å²) in [5, 5.41) is 9.13. The Hall–Kier alpha value is -2.30. The van der Waals surface area contributed by atoms with Gasteiger partial charge in [0.05, 0.1) is 17.8 Å². The van der Waals surface area contributed by atoms with E-state index in [4.69, 9.17) is 27.9 Å². The maximum atomic E-state index is 15.0. The maximum Gasteiger partial charge on any atom is 0.319 e. The molecule has 3 aliphatic rings. The number of alkyl halides is 1. The third-order valence-electron chi connectivity index (χ3n) is 7.14. The number of hydrogen-bond acceptors (Lipinski definition) is 7. The molecule has 180 valence electrons. The highest BCUT2D eigenvalue weighted by Crippen LogP contribution is 2.40. The van der Waals surface area contributed by atoms with Crippen molar-refractivity contribution < 1.29 is 13.5 Å². The fraction of sp³-hybridized carbons (Fsp3) is 0.545. The lowest BCUT2D eigenvalue weighted by molar-refractivity contribution is 0.107. The lowest BCUT2D eigenvalue weighted by Crippen LogP contribution is -2.43. The first-order chi connectivity index (χ1) is 16.4. The molecule has 12 heteroatoms. The first kappa shape index (κ1) is 22.2.